The maximum absolute atomic E-state index is 12.8. The SMILES string of the molecule is CCOC(=O)C1(C(=O)N2Cc3ccc(C(=O)OC)cc3C2)CCO1. The minimum atomic E-state index is -1.51. The van der Waals surface area contributed by atoms with Gasteiger partial charge in [0.25, 0.3) is 5.91 Å². The Bertz CT molecular complexity index is 694. The Morgan fingerprint density at radius 2 is 1.96 bits per heavy atom. The molecule has 1 fully saturated rings. The van der Waals surface area contributed by atoms with E-state index < -0.39 is 17.5 Å². The van der Waals surface area contributed by atoms with Gasteiger partial charge in [-0.2, -0.15) is 0 Å². The molecule has 2 aliphatic heterocycles. The highest BCUT2D eigenvalue weighted by Gasteiger charge is 2.56. The molecule has 128 valence electrons. The Morgan fingerprint density at radius 1 is 1.25 bits per heavy atom. The van der Waals surface area contributed by atoms with Crippen LogP contribution in [0.4, 0.5) is 0 Å². The van der Waals surface area contributed by atoms with Gasteiger partial charge in [-0.05, 0) is 30.2 Å². The van der Waals surface area contributed by atoms with Gasteiger partial charge in [0.15, 0.2) is 0 Å². The molecule has 0 aromatic heterocycles. The standard InChI is InChI=1S/C17H19NO6/c1-3-23-16(21)17(6-7-24-17)15(20)18-9-12-5-4-11(14(19)22-2)8-13(12)10-18/h4-5,8H,3,6-7,9-10H2,1-2H3. The molecule has 2 heterocycles. The van der Waals surface area contributed by atoms with Crippen LogP contribution in [-0.2, 0) is 36.9 Å². The van der Waals surface area contributed by atoms with Gasteiger partial charge in [-0.1, -0.05) is 6.07 Å². The predicted molar refractivity (Wildman–Crippen MR) is 82.0 cm³/mol. The summed E-state index contributed by atoms with van der Waals surface area (Å²) in [6.45, 7) is 2.94. The number of hydrogen-bond donors (Lipinski definition) is 0. The van der Waals surface area contributed by atoms with Crippen molar-refractivity contribution in [2.75, 3.05) is 20.3 Å². The fourth-order valence-electron chi connectivity index (χ4n) is 3.01. The molecule has 1 unspecified atom stereocenters. The van der Waals surface area contributed by atoms with Crippen LogP contribution in [0.25, 0.3) is 0 Å². The number of fused-ring (bicyclic) bond motifs is 1. The lowest BCUT2D eigenvalue weighted by atomic mass is 9.93. The van der Waals surface area contributed by atoms with Gasteiger partial charge in [0.05, 0.1) is 25.9 Å². The van der Waals surface area contributed by atoms with Crippen molar-refractivity contribution in [2.45, 2.75) is 32.0 Å². The van der Waals surface area contributed by atoms with Gasteiger partial charge in [-0.15, -0.1) is 0 Å². The summed E-state index contributed by atoms with van der Waals surface area (Å²) in [4.78, 5) is 38.1. The summed E-state index contributed by atoms with van der Waals surface area (Å²) in [5.41, 5.74) is 0.730. The number of carbonyl (C=O) groups is 3. The lowest BCUT2D eigenvalue weighted by Gasteiger charge is -2.39. The lowest BCUT2D eigenvalue weighted by molar-refractivity contribution is -0.207. The molecule has 0 bridgehead atoms. The van der Waals surface area contributed by atoms with E-state index in [0.717, 1.165) is 11.1 Å². The van der Waals surface area contributed by atoms with E-state index in [-0.39, 0.29) is 12.5 Å². The highest BCUT2D eigenvalue weighted by atomic mass is 16.6. The minimum absolute atomic E-state index is 0.194. The first-order chi connectivity index (χ1) is 11.5. The number of methoxy groups -OCH3 is 1. The smallest absolute Gasteiger partial charge is 0.348 e. The van der Waals surface area contributed by atoms with Crippen molar-refractivity contribution >= 4 is 17.8 Å². The molecule has 2 aliphatic rings. The number of ether oxygens (including phenoxy) is 3. The molecule has 0 aliphatic carbocycles. The largest absolute Gasteiger partial charge is 0.465 e. The molecule has 1 aromatic rings. The third-order valence-electron chi connectivity index (χ3n) is 4.39. The van der Waals surface area contributed by atoms with Gasteiger partial charge in [0.2, 0.25) is 5.60 Å². The second-order valence-corrected chi connectivity index (χ2v) is 5.78. The molecule has 0 N–H and O–H groups in total. The zero-order valence-corrected chi connectivity index (χ0v) is 13.7. The van der Waals surface area contributed by atoms with E-state index in [0.29, 0.717) is 31.7 Å². The molecular formula is C17H19NO6. The van der Waals surface area contributed by atoms with Gasteiger partial charge >= 0.3 is 11.9 Å². The molecule has 0 radical (unpaired) electrons. The number of nitrogens with zero attached hydrogens (tertiary/aromatic N) is 1. The molecule has 7 nitrogen and oxygen atoms in total. The van der Waals surface area contributed by atoms with Gasteiger partial charge in [-0.3, -0.25) is 4.79 Å². The van der Waals surface area contributed by atoms with E-state index in [9.17, 15) is 14.4 Å². The number of carbonyl (C=O) groups excluding carboxylic acids is 3. The number of rotatable bonds is 4. The van der Waals surface area contributed by atoms with Crippen LogP contribution in [0.2, 0.25) is 0 Å². The Morgan fingerprint density at radius 3 is 2.54 bits per heavy atom. The number of esters is 2. The first kappa shape index (κ1) is 16.4. The van der Waals surface area contributed by atoms with Gasteiger partial charge in [-0.25, -0.2) is 9.59 Å². The molecule has 7 heteroatoms. The fraction of sp³-hybridized carbons (Fsp3) is 0.471. The van der Waals surface area contributed by atoms with Crippen LogP contribution in [-0.4, -0.2) is 48.7 Å². The first-order valence-electron chi connectivity index (χ1n) is 7.82. The summed E-state index contributed by atoms with van der Waals surface area (Å²) in [5.74, 6) is -1.44. The topological polar surface area (TPSA) is 82.1 Å². The van der Waals surface area contributed by atoms with Crippen molar-refractivity contribution < 1.29 is 28.6 Å². The number of amides is 1. The Hall–Kier alpha value is -2.41. The number of hydrogen-bond acceptors (Lipinski definition) is 6. The van der Waals surface area contributed by atoms with Crippen LogP contribution in [0.15, 0.2) is 18.2 Å². The fourth-order valence-corrected chi connectivity index (χ4v) is 3.01. The second kappa shape index (κ2) is 6.24. The lowest BCUT2D eigenvalue weighted by Crippen LogP contribution is -2.61. The summed E-state index contributed by atoms with van der Waals surface area (Å²) in [7, 11) is 1.32. The molecule has 1 atom stereocenters. The van der Waals surface area contributed by atoms with Crippen LogP contribution in [0.1, 0.15) is 34.8 Å². The number of benzene rings is 1. The maximum atomic E-state index is 12.8. The summed E-state index contributed by atoms with van der Waals surface area (Å²) in [5, 5.41) is 0. The summed E-state index contributed by atoms with van der Waals surface area (Å²) >= 11 is 0. The van der Waals surface area contributed by atoms with E-state index in [1.54, 1.807) is 30.0 Å². The summed E-state index contributed by atoms with van der Waals surface area (Å²) < 4.78 is 15.1. The Kier molecular flexibility index (Phi) is 4.28. The molecule has 1 aromatic carbocycles. The molecule has 24 heavy (non-hydrogen) atoms. The van der Waals surface area contributed by atoms with E-state index in [2.05, 4.69) is 0 Å². The zero-order valence-electron chi connectivity index (χ0n) is 13.7. The van der Waals surface area contributed by atoms with Crippen molar-refractivity contribution in [1.82, 2.24) is 4.90 Å². The third kappa shape index (κ3) is 2.54. The van der Waals surface area contributed by atoms with E-state index in [1.165, 1.54) is 7.11 Å². The van der Waals surface area contributed by atoms with Crippen LogP contribution >= 0.6 is 0 Å². The monoisotopic (exact) mass is 333 g/mol. The molecule has 1 amide bonds. The normalized spacial score (nSPS) is 21.7. The quantitative estimate of drug-likeness (QED) is 0.605. The zero-order chi connectivity index (χ0) is 17.3. The maximum Gasteiger partial charge on any atom is 0.348 e. The van der Waals surface area contributed by atoms with Gasteiger partial charge < -0.3 is 19.1 Å². The predicted octanol–water partition coefficient (Wildman–Crippen LogP) is 1.04. The van der Waals surface area contributed by atoms with Crippen LogP contribution in [0.3, 0.4) is 0 Å². The Labute approximate surface area is 139 Å². The minimum Gasteiger partial charge on any atom is -0.465 e. The molecule has 1 saturated heterocycles. The van der Waals surface area contributed by atoms with Crippen molar-refractivity contribution in [3.63, 3.8) is 0 Å². The molecule has 3 rings (SSSR count). The molecule has 0 spiro atoms. The third-order valence-corrected chi connectivity index (χ3v) is 4.39. The van der Waals surface area contributed by atoms with Gasteiger partial charge in [0.1, 0.15) is 0 Å². The average molecular weight is 333 g/mol. The second-order valence-electron chi connectivity index (χ2n) is 5.78. The van der Waals surface area contributed by atoms with E-state index in [4.69, 9.17) is 14.2 Å². The average Bonchev–Trinajstić information content (AvgIpc) is 2.96. The van der Waals surface area contributed by atoms with Crippen LogP contribution < -0.4 is 0 Å². The van der Waals surface area contributed by atoms with Crippen molar-refractivity contribution in [2.24, 2.45) is 0 Å². The van der Waals surface area contributed by atoms with Crippen LogP contribution in [0.5, 0.6) is 0 Å². The molecule has 0 saturated carbocycles. The highest BCUT2D eigenvalue weighted by Crippen LogP contribution is 2.34. The summed E-state index contributed by atoms with van der Waals surface area (Å²) in [6.07, 6.45) is 0.324. The van der Waals surface area contributed by atoms with Crippen molar-refractivity contribution in [3.8, 4) is 0 Å². The van der Waals surface area contributed by atoms with E-state index >= 15 is 0 Å². The van der Waals surface area contributed by atoms with Gasteiger partial charge in [0, 0.05) is 19.5 Å². The summed E-state index contributed by atoms with van der Waals surface area (Å²) in [6, 6.07) is 5.18. The van der Waals surface area contributed by atoms with Crippen LogP contribution in [0, 0.1) is 0 Å². The first-order valence-corrected chi connectivity index (χ1v) is 7.82. The Balaban J connectivity index is 1.78. The van der Waals surface area contributed by atoms with Crippen molar-refractivity contribution in [3.05, 3.63) is 34.9 Å². The van der Waals surface area contributed by atoms with E-state index in [1.807, 2.05) is 0 Å². The highest BCUT2D eigenvalue weighted by molar-refractivity contribution is 6.07. The molecular weight excluding hydrogens is 314 g/mol. The van der Waals surface area contributed by atoms with Crippen molar-refractivity contribution in [1.29, 1.82) is 0 Å².